The van der Waals surface area contributed by atoms with E-state index >= 15 is 0 Å². The number of unbranched alkanes of at least 4 members (excludes halogenated alkanes) is 1. The van der Waals surface area contributed by atoms with Crippen molar-refractivity contribution in [1.29, 1.82) is 0 Å². The van der Waals surface area contributed by atoms with Crippen molar-refractivity contribution in [2.75, 3.05) is 19.6 Å². The Morgan fingerprint density at radius 1 is 0.861 bits per heavy atom. The Bertz CT molecular complexity index is 1180. The summed E-state index contributed by atoms with van der Waals surface area (Å²) in [6.07, 6.45) is 15.2. The Kier molecular flexibility index (Phi) is 9.58. The summed E-state index contributed by atoms with van der Waals surface area (Å²) in [5, 5.41) is 0. The van der Waals surface area contributed by atoms with Crippen LogP contribution in [-0.4, -0.2) is 58.9 Å². The Balaban J connectivity index is 1.37. The molecule has 1 aromatic carbocycles. The van der Waals surface area contributed by atoms with Gasteiger partial charge in [-0.05, 0) is 69.4 Å². The van der Waals surface area contributed by atoms with Crippen molar-refractivity contribution in [2.24, 2.45) is 7.05 Å². The maximum atomic E-state index is 4.90. The minimum atomic E-state index is 0.719. The fourth-order valence-corrected chi connectivity index (χ4v) is 4.69. The van der Waals surface area contributed by atoms with E-state index in [9.17, 15) is 0 Å². The molecule has 0 aliphatic carbocycles. The Labute approximate surface area is 214 Å². The molecule has 0 atom stereocenters. The summed E-state index contributed by atoms with van der Waals surface area (Å²) < 4.78 is 2.06. The molecule has 0 fully saturated rings. The van der Waals surface area contributed by atoms with E-state index in [-0.39, 0.29) is 0 Å². The second-order valence-electron chi connectivity index (χ2n) is 9.62. The number of imidazole rings is 2. The highest BCUT2D eigenvalue weighted by Crippen LogP contribution is 2.17. The third-order valence-corrected chi connectivity index (χ3v) is 6.51. The number of hydrogen-bond donors (Lipinski definition) is 1. The van der Waals surface area contributed by atoms with Crippen molar-refractivity contribution in [3.8, 4) is 0 Å². The van der Waals surface area contributed by atoms with E-state index in [1.54, 1.807) is 6.20 Å². The zero-order chi connectivity index (χ0) is 25.2. The van der Waals surface area contributed by atoms with Crippen LogP contribution in [0.5, 0.6) is 0 Å². The van der Waals surface area contributed by atoms with Crippen molar-refractivity contribution in [3.05, 3.63) is 72.1 Å². The lowest BCUT2D eigenvalue weighted by molar-refractivity contribution is 0.233. The number of aromatic amines is 1. The van der Waals surface area contributed by atoms with E-state index in [4.69, 9.17) is 9.97 Å². The van der Waals surface area contributed by atoms with Gasteiger partial charge in [0.05, 0.1) is 29.8 Å². The first-order chi connectivity index (χ1) is 17.6. The predicted molar refractivity (Wildman–Crippen MR) is 144 cm³/mol. The van der Waals surface area contributed by atoms with Gasteiger partial charge in [-0.25, -0.2) is 15.0 Å². The predicted octanol–water partition coefficient (Wildman–Crippen LogP) is 4.73. The van der Waals surface area contributed by atoms with Crippen molar-refractivity contribution in [2.45, 2.75) is 65.6 Å². The number of aryl methyl sites for hydroxylation is 2. The van der Waals surface area contributed by atoms with Crippen molar-refractivity contribution < 1.29 is 0 Å². The van der Waals surface area contributed by atoms with Gasteiger partial charge in [0.2, 0.25) is 0 Å². The van der Waals surface area contributed by atoms with E-state index in [1.165, 1.54) is 44.5 Å². The van der Waals surface area contributed by atoms with Crippen LogP contribution in [-0.2, 0) is 33.1 Å². The van der Waals surface area contributed by atoms with Crippen LogP contribution in [0, 0.1) is 0 Å². The average Bonchev–Trinajstić information content (AvgIpc) is 3.54. The van der Waals surface area contributed by atoms with E-state index in [0.717, 1.165) is 60.9 Å². The molecule has 0 amide bonds. The molecule has 36 heavy (non-hydrogen) atoms. The fourth-order valence-electron chi connectivity index (χ4n) is 4.69. The first kappa shape index (κ1) is 26.0. The maximum absolute atomic E-state index is 4.90. The number of nitrogens with one attached hydrogen (secondary N) is 1. The highest BCUT2D eigenvalue weighted by atomic mass is 15.2. The molecule has 3 heterocycles. The molecule has 4 rings (SSSR count). The minimum Gasteiger partial charge on any atom is -0.348 e. The molecule has 0 aliphatic rings. The summed E-state index contributed by atoms with van der Waals surface area (Å²) in [7, 11) is 2.03. The van der Waals surface area contributed by atoms with Gasteiger partial charge >= 0.3 is 0 Å². The van der Waals surface area contributed by atoms with Crippen molar-refractivity contribution >= 4 is 11.0 Å². The molecule has 8 heteroatoms. The molecule has 1 N–H and O–H groups in total. The highest BCUT2D eigenvalue weighted by Gasteiger charge is 2.13. The smallest absolute Gasteiger partial charge is 0.122 e. The third kappa shape index (κ3) is 7.45. The third-order valence-electron chi connectivity index (χ3n) is 6.51. The van der Waals surface area contributed by atoms with Gasteiger partial charge < -0.3 is 14.5 Å². The Hall–Kier alpha value is -3.10. The topological polar surface area (TPSA) is 78.8 Å². The SMILES string of the molecule is CCCN(CCC)CCCCc1cnc2cc(CN(Cc3ncc[nH]3)Cc3nccn3C)ccc2n1. The van der Waals surface area contributed by atoms with E-state index in [0.29, 0.717) is 0 Å². The zero-order valence-corrected chi connectivity index (χ0v) is 22.0. The maximum Gasteiger partial charge on any atom is 0.122 e. The van der Waals surface area contributed by atoms with E-state index < -0.39 is 0 Å². The number of hydrogen-bond acceptors (Lipinski definition) is 6. The van der Waals surface area contributed by atoms with Gasteiger partial charge in [0, 0.05) is 44.6 Å². The standard InChI is InChI=1S/C28H40N8/c1-4-14-35(15-5-2)16-7-6-8-24-19-32-26-18-23(9-10-25(26)33-24)20-36(21-27-29-11-12-30-27)22-28-31-13-17-34(28)3/h9-13,17-19H,4-8,14-16,20-22H2,1-3H3,(H,29,30). The molecular formula is C28H40N8. The molecule has 8 nitrogen and oxygen atoms in total. The van der Waals surface area contributed by atoms with Gasteiger partial charge in [0.25, 0.3) is 0 Å². The van der Waals surface area contributed by atoms with E-state index in [1.807, 2.05) is 31.8 Å². The second kappa shape index (κ2) is 13.3. The zero-order valence-electron chi connectivity index (χ0n) is 22.0. The van der Waals surface area contributed by atoms with E-state index in [2.05, 4.69) is 61.4 Å². The molecule has 0 saturated heterocycles. The van der Waals surface area contributed by atoms with Crippen LogP contribution in [0.15, 0.2) is 49.2 Å². The van der Waals surface area contributed by atoms with Crippen molar-refractivity contribution in [3.63, 3.8) is 0 Å². The van der Waals surface area contributed by atoms with Gasteiger partial charge in [0.15, 0.2) is 0 Å². The van der Waals surface area contributed by atoms with Crippen LogP contribution >= 0.6 is 0 Å². The lowest BCUT2D eigenvalue weighted by Gasteiger charge is -2.21. The van der Waals surface area contributed by atoms with Gasteiger partial charge in [0.1, 0.15) is 11.6 Å². The van der Waals surface area contributed by atoms with Crippen LogP contribution in [0.1, 0.15) is 62.4 Å². The van der Waals surface area contributed by atoms with Gasteiger partial charge in [-0.15, -0.1) is 0 Å². The summed E-state index contributed by atoms with van der Waals surface area (Å²) in [6.45, 7) is 10.3. The number of nitrogens with zero attached hydrogens (tertiary/aromatic N) is 7. The second-order valence-corrected chi connectivity index (χ2v) is 9.62. The summed E-state index contributed by atoms with van der Waals surface area (Å²) in [5.41, 5.74) is 4.21. The number of benzene rings is 1. The molecule has 0 spiro atoms. The first-order valence-corrected chi connectivity index (χ1v) is 13.3. The molecule has 0 bridgehead atoms. The molecular weight excluding hydrogens is 448 g/mol. The number of H-pyrrole nitrogens is 1. The highest BCUT2D eigenvalue weighted by molar-refractivity contribution is 5.74. The number of fused-ring (bicyclic) bond motifs is 1. The Morgan fingerprint density at radius 3 is 2.44 bits per heavy atom. The van der Waals surface area contributed by atoms with Crippen LogP contribution < -0.4 is 0 Å². The molecule has 0 saturated carbocycles. The lowest BCUT2D eigenvalue weighted by atomic mass is 10.1. The monoisotopic (exact) mass is 488 g/mol. The summed E-state index contributed by atoms with van der Waals surface area (Å²) in [6, 6.07) is 6.44. The molecule has 3 aromatic heterocycles. The molecule has 0 aliphatic heterocycles. The molecule has 4 aromatic rings. The number of rotatable bonds is 15. The summed E-state index contributed by atoms with van der Waals surface area (Å²) in [5.74, 6) is 1.97. The quantitative estimate of drug-likeness (QED) is 0.244. The van der Waals surface area contributed by atoms with Crippen LogP contribution in [0.2, 0.25) is 0 Å². The van der Waals surface area contributed by atoms with Gasteiger partial charge in [-0.3, -0.25) is 9.88 Å². The lowest BCUT2D eigenvalue weighted by Crippen LogP contribution is -2.26. The largest absolute Gasteiger partial charge is 0.348 e. The molecule has 0 unspecified atom stereocenters. The van der Waals surface area contributed by atoms with Crippen LogP contribution in [0.4, 0.5) is 0 Å². The normalized spacial score (nSPS) is 11.8. The van der Waals surface area contributed by atoms with Gasteiger partial charge in [-0.2, -0.15) is 0 Å². The van der Waals surface area contributed by atoms with Crippen molar-refractivity contribution in [1.82, 2.24) is 39.3 Å². The Morgan fingerprint density at radius 2 is 1.72 bits per heavy atom. The molecule has 192 valence electrons. The van der Waals surface area contributed by atoms with Crippen LogP contribution in [0.25, 0.3) is 11.0 Å². The minimum absolute atomic E-state index is 0.719. The van der Waals surface area contributed by atoms with Crippen LogP contribution in [0.3, 0.4) is 0 Å². The molecule has 0 radical (unpaired) electrons. The summed E-state index contributed by atoms with van der Waals surface area (Å²) >= 11 is 0. The summed E-state index contributed by atoms with van der Waals surface area (Å²) in [4.78, 5) is 26.7. The average molecular weight is 489 g/mol. The first-order valence-electron chi connectivity index (χ1n) is 13.3. The number of aromatic nitrogens is 6. The fraction of sp³-hybridized carbons (Fsp3) is 0.500. The van der Waals surface area contributed by atoms with Gasteiger partial charge in [-0.1, -0.05) is 19.9 Å².